The van der Waals surface area contributed by atoms with E-state index in [1.54, 1.807) is 0 Å². The second-order valence-corrected chi connectivity index (χ2v) is 8.82. The van der Waals surface area contributed by atoms with Gasteiger partial charge >= 0.3 is 18.1 Å². The number of allylic oxidation sites excluding steroid dienone is 3. The Hall–Kier alpha value is -3.80. The molecule has 3 aromatic rings. The molecule has 4 rings (SSSR count). The standard InChI is InChI=1S/C24H26F3N5O4/c1-29(2)13-15-8-10-16(11-9-15)14-32-19-20(30(3)23(34)31(4)21(19)33)28-22(32)35-17-6-5-7-18(12-17)36-24(25,26)27/h7-12H,5-6,13-14H2,1-4H3. The molecule has 0 bridgehead atoms. The van der Waals surface area contributed by atoms with Crippen molar-refractivity contribution in [2.45, 2.75) is 32.3 Å². The number of ether oxygens (including phenoxy) is 2. The molecule has 2 heterocycles. The van der Waals surface area contributed by atoms with Gasteiger partial charge in [-0.3, -0.25) is 18.5 Å². The van der Waals surface area contributed by atoms with E-state index in [9.17, 15) is 22.8 Å². The van der Waals surface area contributed by atoms with Crippen LogP contribution in [0, 0.1) is 0 Å². The molecular formula is C24H26F3N5O4. The number of fused-ring (bicyclic) bond motifs is 1. The Bertz CT molecular complexity index is 1460. The predicted octanol–water partition coefficient (Wildman–Crippen LogP) is 3.02. The SMILES string of the molecule is CN(C)Cc1ccc(Cn2c(OC3=CC(OC(F)(F)F)=CCC3)nc3c2c(=O)n(C)c(=O)n3C)cc1. The number of imidazole rings is 1. The van der Waals surface area contributed by atoms with Crippen LogP contribution >= 0.6 is 0 Å². The Labute approximate surface area is 204 Å². The second kappa shape index (κ2) is 9.69. The summed E-state index contributed by atoms with van der Waals surface area (Å²) in [5, 5.41) is 0. The first-order valence-corrected chi connectivity index (χ1v) is 11.2. The monoisotopic (exact) mass is 505 g/mol. The Morgan fingerprint density at radius 3 is 2.36 bits per heavy atom. The molecule has 0 saturated carbocycles. The maximum absolute atomic E-state index is 13.1. The van der Waals surface area contributed by atoms with E-state index < -0.39 is 17.6 Å². The van der Waals surface area contributed by atoms with Gasteiger partial charge in [0.1, 0.15) is 11.5 Å². The quantitative estimate of drug-likeness (QED) is 0.491. The van der Waals surface area contributed by atoms with Crippen molar-refractivity contribution in [3.63, 3.8) is 0 Å². The first kappa shape index (κ1) is 25.3. The fourth-order valence-corrected chi connectivity index (χ4v) is 4.00. The summed E-state index contributed by atoms with van der Waals surface area (Å²) in [5.41, 5.74) is 1.09. The van der Waals surface area contributed by atoms with Crippen molar-refractivity contribution in [3.8, 4) is 6.01 Å². The minimum atomic E-state index is -4.83. The number of nitrogens with zero attached hydrogens (tertiary/aromatic N) is 5. The third-order valence-electron chi connectivity index (χ3n) is 5.67. The van der Waals surface area contributed by atoms with Gasteiger partial charge in [0.15, 0.2) is 11.2 Å². The summed E-state index contributed by atoms with van der Waals surface area (Å²) in [5.74, 6) is -0.192. The summed E-state index contributed by atoms with van der Waals surface area (Å²) >= 11 is 0. The molecule has 0 amide bonds. The zero-order valence-electron chi connectivity index (χ0n) is 20.3. The van der Waals surface area contributed by atoms with Crippen LogP contribution in [-0.4, -0.2) is 44.0 Å². The molecule has 1 aliphatic carbocycles. The fourth-order valence-electron chi connectivity index (χ4n) is 4.00. The van der Waals surface area contributed by atoms with Gasteiger partial charge in [0.25, 0.3) is 5.56 Å². The summed E-state index contributed by atoms with van der Waals surface area (Å²) in [4.78, 5) is 31.9. The average molecular weight is 505 g/mol. The zero-order chi connectivity index (χ0) is 26.2. The maximum Gasteiger partial charge on any atom is 0.573 e. The van der Waals surface area contributed by atoms with Crippen molar-refractivity contribution in [2.75, 3.05) is 14.1 Å². The molecule has 0 aliphatic heterocycles. The van der Waals surface area contributed by atoms with Crippen molar-refractivity contribution in [3.05, 3.63) is 79.9 Å². The minimum absolute atomic E-state index is 0.0137. The number of halogens is 3. The molecule has 12 heteroatoms. The number of benzene rings is 1. The highest BCUT2D eigenvalue weighted by atomic mass is 19.4. The zero-order valence-corrected chi connectivity index (χ0v) is 20.3. The summed E-state index contributed by atoms with van der Waals surface area (Å²) in [7, 11) is 6.79. The lowest BCUT2D eigenvalue weighted by Gasteiger charge is -2.17. The van der Waals surface area contributed by atoms with Crippen LogP contribution in [0.25, 0.3) is 11.2 Å². The van der Waals surface area contributed by atoms with E-state index in [0.717, 1.165) is 28.3 Å². The van der Waals surface area contributed by atoms with Crippen molar-refractivity contribution >= 4 is 11.2 Å². The topological polar surface area (TPSA) is 83.5 Å². The van der Waals surface area contributed by atoms with Crippen molar-refractivity contribution in [2.24, 2.45) is 14.1 Å². The lowest BCUT2D eigenvalue weighted by molar-refractivity contribution is -0.303. The van der Waals surface area contributed by atoms with Gasteiger partial charge in [-0.15, -0.1) is 13.2 Å². The Balaban J connectivity index is 1.77. The molecule has 36 heavy (non-hydrogen) atoms. The Morgan fingerprint density at radius 2 is 1.72 bits per heavy atom. The van der Waals surface area contributed by atoms with Gasteiger partial charge in [-0.25, -0.2) is 4.79 Å². The van der Waals surface area contributed by atoms with Gasteiger partial charge in [0.2, 0.25) is 0 Å². The van der Waals surface area contributed by atoms with Crippen LogP contribution in [0.1, 0.15) is 24.0 Å². The van der Waals surface area contributed by atoms with E-state index in [2.05, 4.69) is 9.72 Å². The van der Waals surface area contributed by atoms with Crippen molar-refractivity contribution < 1.29 is 22.6 Å². The summed E-state index contributed by atoms with van der Waals surface area (Å²) < 4.78 is 51.7. The fraction of sp³-hybridized carbons (Fsp3) is 0.375. The number of aryl methyl sites for hydroxylation is 1. The van der Waals surface area contributed by atoms with Gasteiger partial charge in [-0.05, 0) is 37.7 Å². The van der Waals surface area contributed by atoms with Crippen LogP contribution in [0.5, 0.6) is 6.01 Å². The third-order valence-corrected chi connectivity index (χ3v) is 5.67. The molecule has 0 spiro atoms. The van der Waals surface area contributed by atoms with Crippen LogP contribution in [0.4, 0.5) is 13.2 Å². The Morgan fingerprint density at radius 1 is 1.06 bits per heavy atom. The number of hydrogen-bond acceptors (Lipinski definition) is 6. The second-order valence-electron chi connectivity index (χ2n) is 8.82. The smallest absolute Gasteiger partial charge is 0.430 e. The average Bonchev–Trinajstić information content (AvgIpc) is 3.14. The molecule has 0 fully saturated rings. The van der Waals surface area contributed by atoms with Crippen LogP contribution in [0.15, 0.2) is 57.5 Å². The molecule has 2 aromatic heterocycles. The normalized spacial score (nSPS) is 14.2. The molecular weight excluding hydrogens is 479 g/mol. The number of rotatable bonds is 7. The molecule has 1 aliphatic rings. The van der Waals surface area contributed by atoms with E-state index in [0.29, 0.717) is 6.42 Å². The molecule has 192 valence electrons. The molecule has 0 unspecified atom stereocenters. The molecule has 0 N–H and O–H groups in total. The first-order chi connectivity index (χ1) is 16.9. The highest BCUT2D eigenvalue weighted by Gasteiger charge is 2.32. The van der Waals surface area contributed by atoms with E-state index in [4.69, 9.17) is 4.74 Å². The molecule has 1 aromatic carbocycles. The van der Waals surface area contributed by atoms with Crippen molar-refractivity contribution in [1.82, 2.24) is 23.6 Å². The Kier molecular flexibility index (Phi) is 6.81. The third kappa shape index (κ3) is 5.38. The van der Waals surface area contributed by atoms with Gasteiger partial charge < -0.3 is 14.4 Å². The maximum atomic E-state index is 13.1. The van der Waals surface area contributed by atoms with Gasteiger partial charge in [0, 0.05) is 33.1 Å². The van der Waals surface area contributed by atoms with Crippen LogP contribution in [0.3, 0.4) is 0 Å². The van der Waals surface area contributed by atoms with E-state index in [-0.39, 0.29) is 41.7 Å². The first-order valence-electron chi connectivity index (χ1n) is 11.2. The number of hydrogen-bond donors (Lipinski definition) is 0. The van der Waals surface area contributed by atoms with E-state index in [1.807, 2.05) is 43.3 Å². The minimum Gasteiger partial charge on any atom is -0.430 e. The molecule has 0 saturated heterocycles. The van der Waals surface area contributed by atoms with E-state index >= 15 is 0 Å². The summed E-state index contributed by atoms with van der Waals surface area (Å²) in [6.07, 6.45) is -1.79. The van der Waals surface area contributed by atoms with Gasteiger partial charge in [0.05, 0.1) is 6.54 Å². The number of alkyl halides is 3. The highest BCUT2D eigenvalue weighted by Crippen LogP contribution is 2.29. The molecule has 9 nitrogen and oxygen atoms in total. The lowest BCUT2D eigenvalue weighted by Crippen LogP contribution is -2.37. The van der Waals surface area contributed by atoms with Gasteiger partial charge in [-0.1, -0.05) is 24.3 Å². The molecule has 0 atom stereocenters. The predicted molar refractivity (Wildman–Crippen MR) is 126 cm³/mol. The summed E-state index contributed by atoms with van der Waals surface area (Å²) in [6, 6.07) is 7.76. The van der Waals surface area contributed by atoms with Crippen LogP contribution < -0.4 is 16.0 Å². The summed E-state index contributed by atoms with van der Waals surface area (Å²) in [6.45, 7) is 0.950. The van der Waals surface area contributed by atoms with E-state index in [1.165, 1.54) is 29.3 Å². The van der Waals surface area contributed by atoms with Crippen molar-refractivity contribution in [1.29, 1.82) is 0 Å². The van der Waals surface area contributed by atoms with Crippen LogP contribution in [0.2, 0.25) is 0 Å². The van der Waals surface area contributed by atoms with Gasteiger partial charge in [-0.2, -0.15) is 4.98 Å². The lowest BCUT2D eigenvalue weighted by atomic mass is 10.1. The number of aromatic nitrogens is 4. The highest BCUT2D eigenvalue weighted by molar-refractivity contribution is 5.72. The van der Waals surface area contributed by atoms with Crippen LogP contribution in [-0.2, 0) is 31.9 Å². The molecule has 0 radical (unpaired) electrons. The largest absolute Gasteiger partial charge is 0.573 e.